The number of amides is 1. The van der Waals surface area contributed by atoms with E-state index in [-0.39, 0.29) is 5.91 Å². The summed E-state index contributed by atoms with van der Waals surface area (Å²) in [5.74, 6) is -0.0933. The van der Waals surface area contributed by atoms with E-state index in [0.717, 1.165) is 18.5 Å². The molecule has 3 nitrogen and oxygen atoms in total. The van der Waals surface area contributed by atoms with Crippen LogP contribution in [-0.2, 0) is 6.42 Å². The van der Waals surface area contributed by atoms with Gasteiger partial charge in [-0.25, -0.2) is 0 Å². The Kier molecular flexibility index (Phi) is 4.07. The molecular formula is C15H16N2O. The van der Waals surface area contributed by atoms with Crippen molar-refractivity contribution in [2.75, 3.05) is 5.32 Å². The molecule has 1 N–H and O–H groups in total. The molecular weight excluding hydrogens is 224 g/mol. The quantitative estimate of drug-likeness (QED) is 0.891. The lowest BCUT2D eigenvalue weighted by atomic mass is 10.1. The van der Waals surface area contributed by atoms with Crippen LogP contribution in [0.15, 0.2) is 48.8 Å². The largest absolute Gasteiger partial charge is 0.322 e. The zero-order chi connectivity index (χ0) is 12.8. The molecule has 0 unspecified atom stereocenters. The van der Waals surface area contributed by atoms with Gasteiger partial charge < -0.3 is 5.32 Å². The Morgan fingerprint density at radius 3 is 2.39 bits per heavy atom. The van der Waals surface area contributed by atoms with Crippen LogP contribution in [0.1, 0.15) is 29.3 Å². The number of nitrogens with zero attached hydrogens (tertiary/aromatic N) is 1. The highest BCUT2D eigenvalue weighted by Crippen LogP contribution is 2.10. The second kappa shape index (κ2) is 5.96. The first-order valence-corrected chi connectivity index (χ1v) is 6.10. The van der Waals surface area contributed by atoms with E-state index < -0.39 is 0 Å². The van der Waals surface area contributed by atoms with Gasteiger partial charge in [0.2, 0.25) is 0 Å². The molecule has 0 bridgehead atoms. The molecule has 0 saturated heterocycles. The Morgan fingerprint density at radius 1 is 1.11 bits per heavy atom. The summed E-state index contributed by atoms with van der Waals surface area (Å²) in [7, 11) is 0. The molecule has 0 saturated carbocycles. The average molecular weight is 240 g/mol. The van der Waals surface area contributed by atoms with Crippen molar-refractivity contribution in [1.82, 2.24) is 4.98 Å². The minimum atomic E-state index is -0.0933. The number of nitrogens with one attached hydrogen (secondary N) is 1. The third-order valence-electron chi connectivity index (χ3n) is 2.69. The van der Waals surface area contributed by atoms with E-state index in [1.165, 1.54) is 5.56 Å². The van der Waals surface area contributed by atoms with Crippen molar-refractivity contribution in [3.63, 3.8) is 0 Å². The SMILES string of the molecule is CCCc1ccc(C(=O)Nc2ccncc2)cc1. The van der Waals surface area contributed by atoms with Crippen LogP contribution >= 0.6 is 0 Å². The number of benzene rings is 1. The number of carbonyl (C=O) groups is 1. The highest BCUT2D eigenvalue weighted by Gasteiger charge is 2.05. The number of anilines is 1. The number of carbonyl (C=O) groups excluding carboxylic acids is 1. The molecule has 18 heavy (non-hydrogen) atoms. The Morgan fingerprint density at radius 2 is 1.78 bits per heavy atom. The van der Waals surface area contributed by atoms with Crippen molar-refractivity contribution in [3.8, 4) is 0 Å². The van der Waals surface area contributed by atoms with Crippen molar-refractivity contribution in [1.29, 1.82) is 0 Å². The Hall–Kier alpha value is -2.16. The second-order valence-corrected chi connectivity index (χ2v) is 4.14. The van der Waals surface area contributed by atoms with Gasteiger partial charge in [-0.3, -0.25) is 9.78 Å². The minimum Gasteiger partial charge on any atom is -0.322 e. The molecule has 0 atom stereocenters. The lowest BCUT2D eigenvalue weighted by Crippen LogP contribution is -2.11. The van der Waals surface area contributed by atoms with E-state index >= 15 is 0 Å². The fourth-order valence-electron chi connectivity index (χ4n) is 1.75. The number of hydrogen-bond acceptors (Lipinski definition) is 2. The molecule has 3 heteroatoms. The van der Waals surface area contributed by atoms with Crippen molar-refractivity contribution in [2.45, 2.75) is 19.8 Å². The van der Waals surface area contributed by atoms with Crippen LogP contribution in [0.2, 0.25) is 0 Å². The van der Waals surface area contributed by atoms with Gasteiger partial charge in [-0.15, -0.1) is 0 Å². The first kappa shape index (κ1) is 12.3. The van der Waals surface area contributed by atoms with E-state index in [1.807, 2.05) is 24.3 Å². The summed E-state index contributed by atoms with van der Waals surface area (Å²) in [5, 5.41) is 2.83. The molecule has 1 aromatic carbocycles. The van der Waals surface area contributed by atoms with Crippen LogP contribution in [0.3, 0.4) is 0 Å². The Labute approximate surface area is 107 Å². The zero-order valence-electron chi connectivity index (χ0n) is 10.4. The maximum atomic E-state index is 12.0. The van der Waals surface area contributed by atoms with E-state index in [2.05, 4.69) is 17.2 Å². The molecule has 92 valence electrons. The highest BCUT2D eigenvalue weighted by atomic mass is 16.1. The van der Waals surface area contributed by atoms with E-state index in [9.17, 15) is 4.79 Å². The average Bonchev–Trinajstić information content (AvgIpc) is 2.41. The van der Waals surface area contributed by atoms with E-state index in [1.54, 1.807) is 24.5 Å². The van der Waals surface area contributed by atoms with Crippen LogP contribution in [0, 0.1) is 0 Å². The summed E-state index contributed by atoms with van der Waals surface area (Å²) >= 11 is 0. The maximum absolute atomic E-state index is 12.0. The molecule has 0 aliphatic rings. The number of rotatable bonds is 4. The second-order valence-electron chi connectivity index (χ2n) is 4.14. The summed E-state index contributed by atoms with van der Waals surface area (Å²) in [6, 6.07) is 11.3. The lowest BCUT2D eigenvalue weighted by Gasteiger charge is -2.05. The topological polar surface area (TPSA) is 42.0 Å². The summed E-state index contributed by atoms with van der Waals surface area (Å²) in [6.45, 7) is 2.14. The molecule has 1 heterocycles. The first-order valence-electron chi connectivity index (χ1n) is 6.10. The minimum absolute atomic E-state index is 0.0933. The predicted molar refractivity (Wildman–Crippen MR) is 72.6 cm³/mol. The third-order valence-corrected chi connectivity index (χ3v) is 2.69. The summed E-state index contributed by atoms with van der Waals surface area (Å²) < 4.78 is 0. The van der Waals surface area contributed by atoms with Gasteiger partial charge in [-0.05, 0) is 36.2 Å². The van der Waals surface area contributed by atoms with Crippen molar-refractivity contribution < 1.29 is 4.79 Å². The Bertz CT molecular complexity index is 506. The van der Waals surface area contributed by atoms with E-state index in [0.29, 0.717) is 5.56 Å². The fourth-order valence-corrected chi connectivity index (χ4v) is 1.75. The van der Waals surface area contributed by atoms with Crippen LogP contribution < -0.4 is 5.32 Å². The van der Waals surface area contributed by atoms with Gasteiger partial charge >= 0.3 is 0 Å². The number of aromatic nitrogens is 1. The molecule has 0 radical (unpaired) electrons. The molecule has 2 aromatic rings. The Balaban J connectivity index is 2.05. The number of aryl methyl sites for hydroxylation is 1. The van der Waals surface area contributed by atoms with Crippen LogP contribution in [-0.4, -0.2) is 10.9 Å². The standard InChI is InChI=1S/C15H16N2O/c1-2-3-12-4-6-13(7-5-12)15(18)17-14-8-10-16-11-9-14/h4-11H,2-3H2,1H3,(H,16,17,18). The van der Waals surface area contributed by atoms with Gasteiger partial charge in [0.25, 0.3) is 5.91 Å². The molecule has 0 spiro atoms. The maximum Gasteiger partial charge on any atom is 0.255 e. The number of pyridine rings is 1. The van der Waals surface area contributed by atoms with Crippen LogP contribution in [0.4, 0.5) is 5.69 Å². The van der Waals surface area contributed by atoms with Gasteiger partial charge in [-0.2, -0.15) is 0 Å². The smallest absolute Gasteiger partial charge is 0.255 e. The normalized spacial score (nSPS) is 10.1. The summed E-state index contributed by atoms with van der Waals surface area (Å²) in [5.41, 5.74) is 2.69. The van der Waals surface area contributed by atoms with Gasteiger partial charge in [0.1, 0.15) is 0 Å². The monoisotopic (exact) mass is 240 g/mol. The van der Waals surface area contributed by atoms with Crippen LogP contribution in [0.5, 0.6) is 0 Å². The van der Waals surface area contributed by atoms with Crippen molar-refractivity contribution in [2.24, 2.45) is 0 Å². The lowest BCUT2D eigenvalue weighted by molar-refractivity contribution is 0.102. The zero-order valence-corrected chi connectivity index (χ0v) is 10.4. The molecule has 0 fully saturated rings. The van der Waals surface area contributed by atoms with E-state index in [4.69, 9.17) is 0 Å². The van der Waals surface area contributed by atoms with Crippen molar-refractivity contribution >= 4 is 11.6 Å². The van der Waals surface area contributed by atoms with Gasteiger partial charge in [0.15, 0.2) is 0 Å². The molecule has 0 aliphatic heterocycles. The third kappa shape index (κ3) is 3.17. The molecule has 1 amide bonds. The summed E-state index contributed by atoms with van der Waals surface area (Å²) in [4.78, 5) is 15.9. The predicted octanol–water partition coefficient (Wildman–Crippen LogP) is 3.29. The van der Waals surface area contributed by atoms with Crippen molar-refractivity contribution in [3.05, 3.63) is 59.9 Å². The highest BCUT2D eigenvalue weighted by molar-refractivity contribution is 6.04. The van der Waals surface area contributed by atoms with Crippen LogP contribution in [0.25, 0.3) is 0 Å². The van der Waals surface area contributed by atoms with Gasteiger partial charge in [0, 0.05) is 23.6 Å². The molecule has 1 aromatic heterocycles. The van der Waals surface area contributed by atoms with Gasteiger partial charge in [0.05, 0.1) is 0 Å². The number of hydrogen-bond donors (Lipinski definition) is 1. The molecule has 0 aliphatic carbocycles. The fraction of sp³-hybridized carbons (Fsp3) is 0.200. The molecule has 2 rings (SSSR count). The van der Waals surface area contributed by atoms with Gasteiger partial charge in [-0.1, -0.05) is 25.5 Å². The summed E-state index contributed by atoms with van der Waals surface area (Å²) in [6.07, 6.45) is 5.47. The first-order chi connectivity index (χ1) is 8.79.